The van der Waals surface area contributed by atoms with E-state index < -0.39 is 14.6 Å². The monoisotopic (exact) mass is 432 g/mol. The highest BCUT2D eigenvalue weighted by Crippen LogP contribution is 2.36. The summed E-state index contributed by atoms with van der Waals surface area (Å²) in [6, 6.07) is 9.06. The maximum absolute atomic E-state index is 13.7. The molecule has 0 amide bonds. The van der Waals surface area contributed by atoms with Gasteiger partial charge >= 0.3 is 0 Å². The molecule has 2 aromatic carbocycles. The quantitative estimate of drug-likeness (QED) is 0.463. The van der Waals surface area contributed by atoms with Crippen LogP contribution in [0.1, 0.15) is 20.8 Å². The lowest BCUT2D eigenvalue weighted by Crippen LogP contribution is -2.28. The molecule has 4 rings (SSSR count). The van der Waals surface area contributed by atoms with Crippen molar-refractivity contribution >= 4 is 54.7 Å². The average molecular weight is 433 g/mol. The van der Waals surface area contributed by atoms with Crippen LogP contribution < -0.4 is 5.32 Å². The maximum Gasteiger partial charge on any atom is 0.184 e. The van der Waals surface area contributed by atoms with E-state index >= 15 is 0 Å². The van der Waals surface area contributed by atoms with Crippen molar-refractivity contribution in [2.45, 2.75) is 30.4 Å². The van der Waals surface area contributed by atoms with Gasteiger partial charge in [0.1, 0.15) is 5.82 Å². The lowest BCUT2D eigenvalue weighted by Gasteiger charge is -2.20. The largest absolute Gasteiger partial charge is 0.338 e. The van der Waals surface area contributed by atoms with Crippen molar-refractivity contribution in [3.63, 3.8) is 0 Å². The predicted molar refractivity (Wildman–Crippen MR) is 113 cm³/mol. The third-order valence-corrected chi connectivity index (χ3v) is 7.62. The smallest absolute Gasteiger partial charge is 0.184 e. The van der Waals surface area contributed by atoms with Crippen molar-refractivity contribution in [1.82, 2.24) is 15.2 Å². The molecule has 0 spiro atoms. The Morgan fingerprint density at radius 2 is 1.86 bits per heavy atom. The minimum Gasteiger partial charge on any atom is -0.338 e. The number of hydrogen-bond donors (Lipinski definition) is 2. The maximum atomic E-state index is 13.7. The first-order chi connectivity index (χ1) is 13.6. The molecule has 0 aliphatic carbocycles. The number of pyridine rings is 1. The Labute approximate surface area is 172 Å². The Kier molecular flexibility index (Phi) is 4.51. The molecule has 0 aliphatic rings. The van der Waals surface area contributed by atoms with E-state index in [0.29, 0.717) is 33.3 Å². The summed E-state index contributed by atoms with van der Waals surface area (Å²) in [5.41, 5.74) is 1.78. The van der Waals surface area contributed by atoms with Gasteiger partial charge < -0.3 is 5.32 Å². The summed E-state index contributed by atoms with van der Waals surface area (Å²) in [6.45, 7) is 4.86. The zero-order valence-corrected chi connectivity index (χ0v) is 17.5. The molecule has 0 radical (unpaired) electrons. The number of aromatic amines is 1. The fraction of sp³-hybridized carbons (Fsp3) is 0.200. The number of nitrogens with zero attached hydrogens (tertiary/aromatic N) is 2. The van der Waals surface area contributed by atoms with Gasteiger partial charge in [0.25, 0.3) is 0 Å². The molecule has 4 aromatic rings. The van der Waals surface area contributed by atoms with Crippen LogP contribution in [-0.2, 0) is 9.84 Å². The van der Waals surface area contributed by atoms with E-state index in [1.807, 2.05) is 0 Å². The molecule has 0 unspecified atom stereocenters. The Morgan fingerprint density at radius 3 is 2.59 bits per heavy atom. The first kappa shape index (κ1) is 19.6. The normalized spacial score (nSPS) is 12.6. The standard InChI is InChI=1S/C20H18ClFN4O2S/c1-20(2,3)29(27,28)18-9-12-15(6-7-23-17(12)10-14(18)21)24-19-13-8-11(22)4-5-16(13)25-26-19/h4-10H,1-3H3,(H2,23,24,25,26). The van der Waals surface area contributed by atoms with Gasteiger partial charge in [-0.1, -0.05) is 11.6 Å². The molecule has 0 saturated heterocycles. The molecule has 0 fully saturated rings. The van der Waals surface area contributed by atoms with Crippen LogP contribution in [0.2, 0.25) is 5.02 Å². The number of anilines is 2. The molecule has 0 atom stereocenters. The third-order valence-electron chi connectivity index (χ3n) is 4.67. The first-order valence-electron chi connectivity index (χ1n) is 8.81. The summed E-state index contributed by atoms with van der Waals surface area (Å²) in [7, 11) is -3.68. The first-order valence-corrected chi connectivity index (χ1v) is 10.7. The number of sulfone groups is 1. The van der Waals surface area contributed by atoms with Crippen LogP contribution in [0.15, 0.2) is 47.5 Å². The van der Waals surface area contributed by atoms with Crippen molar-refractivity contribution in [1.29, 1.82) is 0 Å². The van der Waals surface area contributed by atoms with Crippen LogP contribution in [0.25, 0.3) is 21.8 Å². The van der Waals surface area contributed by atoms with Crippen molar-refractivity contribution in [3.05, 3.63) is 53.4 Å². The van der Waals surface area contributed by atoms with E-state index in [-0.39, 0.29) is 15.7 Å². The van der Waals surface area contributed by atoms with Crippen LogP contribution >= 0.6 is 11.6 Å². The van der Waals surface area contributed by atoms with Crippen molar-refractivity contribution in [2.24, 2.45) is 0 Å². The molecule has 6 nitrogen and oxygen atoms in total. The zero-order valence-electron chi connectivity index (χ0n) is 15.9. The molecule has 150 valence electrons. The number of nitrogens with one attached hydrogen (secondary N) is 2. The number of fused-ring (bicyclic) bond motifs is 2. The van der Waals surface area contributed by atoms with Crippen molar-refractivity contribution < 1.29 is 12.8 Å². The van der Waals surface area contributed by atoms with E-state index in [4.69, 9.17) is 11.6 Å². The topological polar surface area (TPSA) is 87.7 Å². The third kappa shape index (κ3) is 3.32. The molecule has 0 saturated carbocycles. The zero-order chi connectivity index (χ0) is 21.0. The SMILES string of the molecule is CC(C)(C)S(=O)(=O)c1cc2c(Nc3n[nH]c4ccc(F)cc34)ccnc2cc1Cl. The molecule has 2 N–H and O–H groups in total. The van der Waals surface area contributed by atoms with Gasteiger partial charge in [-0.25, -0.2) is 12.8 Å². The van der Waals surface area contributed by atoms with Gasteiger partial charge in [-0.3, -0.25) is 10.1 Å². The van der Waals surface area contributed by atoms with Gasteiger partial charge in [-0.2, -0.15) is 5.10 Å². The van der Waals surface area contributed by atoms with Crippen molar-refractivity contribution in [2.75, 3.05) is 5.32 Å². The Balaban J connectivity index is 1.89. The molecule has 2 aromatic heterocycles. The number of benzene rings is 2. The van der Waals surface area contributed by atoms with Gasteiger partial charge in [0.15, 0.2) is 15.7 Å². The lowest BCUT2D eigenvalue weighted by molar-refractivity contribution is 0.560. The highest BCUT2D eigenvalue weighted by molar-refractivity contribution is 7.92. The van der Waals surface area contributed by atoms with Gasteiger partial charge in [0, 0.05) is 17.0 Å². The molecule has 0 aliphatic heterocycles. The van der Waals surface area contributed by atoms with Gasteiger partial charge in [0.05, 0.1) is 31.4 Å². The van der Waals surface area contributed by atoms with E-state index in [9.17, 15) is 12.8 Å². The van der Waals surface area contributed by atoms with E-state index in [1.165, 1.54) is 24.3 Å². The van der Waals surface area contributed by atoms with Crippen LogP contribution in [-0.4, -0.2) is 28.3 Å². The second-order valence-electron chi connectivity index (χ2n) is 7.66. The van der Waals surface area contributed by atoms with Crippen LogP contribution in [0.3, 0.4) is 0 Å². The molecule has 9 heteroatoms. The molecular weight excluding hydrogens is 415 g/mol. The van der Waals surface area contributed by atoms with Crippen LogP contribution in [0, 0.1) is 5.82 Å². The number of halogens is 2. The van der Waals surface area contributed by atoms with E-state index in [2.05, 4.69) is 20.5 Å². The fourth-order valence-electron chi connectivity index (χ4n) is 3.00. The number of H-pyrrole nitrogens is 1. The second-order valence-corrected chi connectivity index (χ2v) is 10.7. The summed E-state index contributed by atoms with van der Waals surface area (Å²) < 4.78 is 38.6. The Bertz CT molecular complexity index is 1360. The number of aromatic nitrogens is 3. The summed E-state index contributed by atoms with van der Waals surface area (Å²) in [5, 5.41) is 11.4. The average Bonchev–Trinajstić information content (AvgIpc) is 3.02. The summed E-state index contributed by atoms with van der Waals surface area (Å²) >= 11 is 6.29. The van der Waals surface area contributed by atoms with Gasteiger partial charge in [-0.05, 0) is 57.2 Å². The van der Waals surface area contributed by atoms with E-state index in [1.54, 1.807) is 39.1 Å². The minimum absolute atomic E-state index is 0.0353. The molecule has 0 bridgehead atoms. The van der Waals surface area contributed by atoms with E-state index in [0.717, 1.165) is 0 Å². The minimum atomic E-state index is -3.68. The van der Waals surface area contributed by atoms with Crippen molar-refractivity contribution in [3.8, 4) is 0 Å². The fourth-order valence-corrected chi connectivity index (χ4v) is 4.71. The number of rotatable bonds is 3. The van der Waals surface area contributed by atoms with Crippen LogP contribution in [0.5, 0.6) is 0 Å². The molecule has 2 heterocycles. The highest BCUT2D eigenvalue weighted by atomic mass is 35.5. The molecular formula is C20H18ClFN4O2S. The molecule has 29 heavy (non-hydrogen) atoms. The second kappa shape index (κ2) is 6.67. The Morgan fingerprint density at radius 1 is 1.10 bits per heavy atom. The summed E-state index contributed by atoms with van der Waals surface area (Å²) in [6.07, 6.45) is 1.58. The number of hydrogen-bond acceptors (Lipinski definition) is 5. The van der Waals surface area contributed by atoms with Crippen LogP contribution in [0.4, 0.5) is 15.9 Å². The van der Waals surface area contributed by atoms with Gasteiger partial charge in [-0.15, -0.1) is 0 Å². The summed E-state index contributed by atoms with van der Waals surface area (Å²) in [5.74, 6) is 0.0362. The lowest BCUT2D eigenvalue weighted by atomic mass is 10.1. The predicted octanol–water partition coefficient (Wildman–Crippen LogP) is 5.22. The Hall–Kier alpha value is -2.71. The highest BCUT2D eigenvalue weighted by Gasteiger charge is 2.33. The van der Waals surface area contributed by atoms with Gasteiger partial charge in [0.2, 0.25) is 0 Å². The summed E-state index contributed by atoms with van der Waals surface area (Å²) in [4.78, 5) is 4.32.